The zero-order valence-electron chi connectivity index (χ0n) is 12.8. The van der Waals surface area contributed by atoms with Gasteiger partial charge in [-0.1, -0.05) is 35.9 Å². The number of anilines is 1. The number of hydrogen-bond acceptors (Lipinski definition) is 4. The molecule has 24 heavy (non-hydrogen) atoms. The van der Waals surface area contributed by atoms with Gasteiger partial charge >= 0.3 is 0 Å². The van der Waals surface area contributed by atoms with Crippen molar-refractivity contribution in [3.8, 4) is 0 Å². The quantitative estimate of drug-likeness (QED) is 0.756. The smallest absolute Gasteiger partial charge is 0.263 e. The molecule has 6 nitrogen and oxygen atoms in total. The lowest BCUT2D eigenvalue weighted by molar-refractivity contribution is 0.601. The molecule has 0 spiro atoms. The van der Waals surface area contributed by atoms with Gasteiger partial charge < -0.3 is 0 Å². The van der Waals surface area contributed by atoms with Gasteiger partial charge in [-0.05, 0) is 36.2 Å². The van der Waals surface area contributed by atoms with Crippen LogP contribution in [0.3, 0.4) is 0 Å². The zero-order chi connectivity index (χ0) is 17.2. The molecule has 0 fully saturated rings. The molecule has 0 unspecified atom stereocenters. The lowest BCUT2D eigenvalue weighted by atomic mass is 10.2. The maximum absolute atomic E-state index is 12.7. The van der Waals surface area contributed by atoms with E-state index in [2.05, 4.69) is 14.8 Å². The number of benzene rings is 2. The van der Waals surface area contributed by atoms with E-state index < -0.39 is 10.0 Å². The Kier molecular flexibility index (Phi) is 4.55. The third-order valence-corrected chi connectivity index (χ3v) is 5.29. The molecule has 0 saturated carbocycles. The van der Waals surface area contributed by atoms with Crippen molar-refractivity contribution in [2.45, 2.75) is 18.4 Å². The molecular weight excluding hydrogens is 348 g/mol. The van der Waals surface area contributed by atoms with Crippen LogP contribution in [0, 0.1) is 6.92 Å². The Morgan fingerprint density at radius 3 is 2.71 bits per heavy atom. The summed E-state index contributed by atoms with van der Waals surface area (Å²) in [6.07, 6.45) is 3.00. The largest absolute Gasteiger partial charge is 0.279 e. The fourth-order valence-electron chi connectivity index (χ4n) is 2.27. The molecule has 0 bridgehead atoms. The molecule has 0 atom stereocenters. The molecule has 1 heterocycles. The van der Waals surface area contributed by atoms with Crippen LogP contribution in [0.2, 0.25) is 5.02 Å². The number of rotatable bonds is 5. The molecule has 0 aliphatic rings. The van der Waals surface area contributed by atoms with Crippen molar-refractivity contribution in [3.63, 3.8) is 0 Å². The number of nitrogens with zero attached hydrogens (tertiary/aromatic N) is 3. The van der Waals surface area contributed by atoms with Crippen LogP contribution in [0.15, 0.2) is 60.0 Å². The van der Waals surface area contributed by atoms with Crippen LogP contribution in [0.1, 0.15) is 11.1 Å². The maximum Gasteiger partial charge on any atom is 0.263 e. The Morgan fingerprint density at radius 1 is 1.21 bits per heavy atom. The average molecular weight is 363 g/mol. The van der Waals surface area contributed by atoms with E-state index in [9.17, 15) is 8.42 Å². The summed E-state index contributed by atoms with van der Waals surface area (Å²) in [6.45, 7) is 2.25. The summed E-state index contributed by atoms with van der Waals surface area (Å²) >= 11 is 6.09. The topological polar surface area (TPSA) is 76.9 Å². The van der Waals surface area contributed by atoms with Gasteiger partial charge in [-0.2, -0.15) is 5.10 Å². The summed E-state index contributed by atoms with van der Waals surface area (Å²) in [5, 5.41) is 4.23. The van der Waals surface area contributed by atoms with Crippen molar-refractivity contribution in [2.24, 2.45) is 0 Å². The van der Waals surface area contributed by atoms with Gasteiger partial charge in [0.2, 0.25) is 0 Å². The predicted molar refractivity (Wildman–Crippen MR) is 92.6 cm³/mol. The fraction of sp³-hybridized carbons (Fsp3) is 0.125. The summed E-state index contributed by atoms with van der Waals surface area (Å²) in [7, 11) is -3.79. The highest BCUT2D eigenvalue weighted by Crippen LogP contribution is 2.26. The highest BCUT2D eigenvalue weighted by Gasteiger charge is 2.19. The third-order valence-electron chi connectivity index (χ3n) is 3.44. The van der Waals surface area contributed by atoms with Gasteiger partial charge in [-0.15, -0.1) is 0 Å². The number of sulfonamides is 1. The van der Waals surface area contributed by atoms with E-state index in [0.717, 1.165) is 11.1 Å². The molecule has 2 aromatic carbocycles. The number of para-hydroxylation sites is 1. The maximum atomic E-state index is 12.7. The van der Waals surface area contributed by atoms with Gasteiger partial charge in [0, 0.05) is 0 Å². The molecule has 3 aromatic rings. The zero-order valence-corrected chi connectivity index (χ0v) is 14.4. The van der Waals surface area contributed by atoms with E-state index in [4.69, 9.17) is 11.6 Å². The lowest BCUT2D eigenvalue weighted by Gasteiger charge is -2.13. The van der Waals surface area contributed by atoms with E-state index in [-0.39, 0.29) is 9.92 Å². The van der Waals surface area contributed by atoms with Gasteiger partial charge in [-0.3, -0.25) is 4.72 Å². The number of hydrogen-bond donors (Lipinski definition) is 1. The summed E-state index contributed by atoms with van der Waals surface area (Å²) in [6, 6.07) is 12.0. The van der Waals surface area contributed by atoms with E-state index >= 15 is 0 Å². The summed E-state index contributed by atoms with van der Waals surface area (Å²) in [5.41, 5.74) is 2.14. The van der Waals surface area contributed by atoms with E-state index in [0.29, 0.717) is 12.2 Å². The third kappa shape index (κ3) is 3.58. The molecule has 1 aromatic heterocycles. The normalized spacial score (nSPS) is 11.4. The van der Waals surface area contributed by atoms with Gasteiger partial charge in [0.25, 0.3) is 10.0 Å². The van der Waals surface area contributed by atoms with Gasteiger partial charge in [0.05, 0.1) is 17.3 Å². The monoisotopic (exact) mass is 362 g/mol. The Morgan fingerprint density at radius 2 is 2.00 bits per heavy atom. The minimum Gasteiger partial charge on any atom is -0.279 e. The molecule has 124 valence electrons. The molecule has 0 aliphatic carbocycles. The Labute approximate surface area is 145 Å². The molecule has 0 saturated heterocycles. The summed E-state index contributed by atoms with van der Waals surface area (Å²) in [4.78, 5) is 3.93. The Hall–Kier alpha value is -2.38. The molecule has 8 heteroatoms. The molecule has 3 rings (SSSR count). The molecule has 0 aliphatic heterocycles. The standard InChI is InChI=1S/C16H15ClN4O2S/c1-12-6-7-16(14(17)8-12)24(22,23)20-15-5-3-2-4-13(15)9-21-11-18-10-19-21/h2-8,10-11,20H,9H2,1H3. The first-order valence-corrected chi connectivity index (χ1v) is 9.01. The van der Waals surface area contributed by atoms with E-state index in [1.807, 2.05) is 19.1 Å². The minimum absolute atomic E-state index is 0.0466. The van der Waals surface area contributed by atoms with Crippen molar-refractivity contribution in [3.05, 3.63) is 71.3 Å². The fourth-order valence-corrected chi connectivity index (χ4v) is 3.97. The molecule has 0 amide bonds. The van der Waals surface area contributed by atoms with Crippen LogP contribution < -0.4 is 4.72 Å². The van der Waals surface area contributed by atoms with Crippen molar-refractivity contribution >= 4 is 27.3 Å². The Bertz CT molecular complexity index is 956. The Balaban J connectivity index is 1.93. The first-order valence-electron chi connectivity index (χ1n) is 7.15. The van der Waals surface area contributed by atoms with Crippen molar-refractivity contribution in [1.29, 1.82) is 0 Å². The molecule has 1 N–H and O–H groups in total. The number of nitrogens with one attached hydrogen (secondary N) is 1. The van der Waals surface area contributed by atoms with Crippen LogP contribution in [0.25, 0.3) is 0 Å². The highest BCUT2D eigenvalue weighted by molar-refractivity contribution is 7.92. The van der Waals surface area contributed by atoms with Crippen LogP contribution in [-0.2, 0) is 16.6 Å². The lowest BCUT2D eigenvalue weighted by Crippen LogP contribution is -2.15. The van der Waals surface area contributed by atoms with Crippen molar-refractivity contribution in [2.75, 3.05) is 4.72 Å². The van der Waals surface area contributed by atoms with Crippen molar-refractivity contribution in [1.82, 2.24) is 14.8 Å². The predicted octanol–water partition coefficient (Wildman–Crippen LogP) is 3.09. The average Bonchev–Trinajstić information content (AvgIpc) is 3.01. The second-order valence-electron chi connectivity index (χ2n) is 5.29. The van der Waals surface area contributed by atoms with Crippen LogP contribution in [0.4, 0.5) is 5.69 Å². The minimum atomic E-state index is -3.79. The first kappa shape index (κ1) is 16.5. The van der Waals surface area contributed by atoms with Crippen LogP contribution in [-0.4, -0.2) is 23.2 Å². The first-order chi connectivity index (χ1) is 11.5. The van der Waals surface area contributed by atoms with E-state index in [1.54, 1.807) is 35.3 Å². The van der Waals surface area contributed by atoms with Gasteiger partial charge in [-0.25, -0.2) is 18.1 Å². The van der Waals surface area contributed by atoms with Gasteiger partial charge in [0.15, 0.2) is 0 Å². The summed E-state index contributed by atoms with van der Waals surface area (Å²) in [5.74, 6) is 0. The van der Waals surface area contributed by atoms with E-state index in [1.165, 1.54) is 12.4 Å². The molecular formula is C16H15ClN4O2S. The highest BCUT2D eigenvalue weighted by atomic mass is 35.5. The molecule has 0 radical (unpaired) electrons. The van der Waals surface area contributed by atoms with Crippen molar-refractivity contribution < 1.29 is 8.42 Å². The number of halogens is 1. The second kappa shape index (κ2) is 6.62. The van der Waals surface area contributed by atoms with Gasteiger partial charge in [0.1, 0.15) is 17.6 Å². The summed E-state index contributed by atoms with van der Waals surface area (Å²) < 4.78 is 29.5. The number of aromatic nitrogens is 3. The SMILES string of the molecule is Cc1ccc(S(=O)(=O)Nc2ccccc2Cn2cncn2)c(Cl)c1. The van der Waals surface area contributed by atoms with Crippen LogP contribution >= 0.6 is 11.6 Å². The second-order valence-corrected chi connectivity index (χ2v) is 7.35. The number of aryl methyl sites for hydroxylation is 1. The van der Waals surface area contributed by atoms with Crippen LogP contribution in [0.5, 0.6) is 0 Å².